The summed E-state index contributed by atoms with van der Waals surface area (Å²) in [5.74, 6) is 0. The van der Waals surface area contributed by atoms with E-state index in [1.54, 1.807) is 30.5 Å². The predicted octanol–water partition coefficient (Wildman–Crippen LogP) is 1.11. The van der Waals surface area contributed by atoms with Crippen molar-refractivity contribution in [3.05, 3.63) is 30.5 Å². The number of benzene rings is 1. The minimum atomic E-state index is -3.46. The third kappa shape index (κ3) is 3.77. The van der Waals surface area contributed by atoms with Crippen LogP contribution in [0.2, 0.25) is 0 Å². The molecule has 0 amide bonds. The van der Waals surface area contributed by atoms with Gasteiger partial charge >= 0.3 is 0 Å². The lowest BCUT2D eigenvalue weighted by Crippen LogP contribution is -2.15. The molecule has 0 bridgehead atoms. The minimum absolute atomic E-state index is 0.392. The van der Waals surface area contributed by atoms with E-state index < -0.39 is 15.2 Å². The Kier molecular flexibility index (Phi) is 3.84. The molecule has 9 nitrogen and oxygen atoms in total. The van der Waals surface area contributed by atoms with E-state index in [4.69, 9.17) is 22.0 Å². The van der Waals surface area contributed by atoms with Gasteiger partial charge in [0.05, 0.1) is 16.9 Å². The number of fused-ring (bicyclic) bond motifs is 1. The maximum atomic E-state index is 11.5. The molecule has 0 spiro atoms. The lowest BCUT2D eigenvalue weighted by atomic mass is 10.1. The Hall–Kier alpha value is -1.47. The van der Waals surface area contributed by atoms with E-state index >= 15 is 0 Å². The van der Waals surface area contributed by atoms with Gasteiger partial charge in [-0.1, -0.05) is 0 Å². The largest absolute Gasteiger partial charge is 0.313 e. The zero-order chi connectivity index (χ0) is 15.0. The molecule has 0 saturated heterocycles. The van der Waals surface area contributed by atoms with Crippen molar-refractivity contribution in [2.24, 2.45) is 22.0 Å². The standard InChI is InChI=1S/C9H15N7O2P2/c10-19(11,17)15-7-3-4-8(16-20(12,13)18)9-6(7)2-1-5-14-9/h1-5H,(H5,10,11,15,17)(H5,12,13,16,18). The second-order valence-corrected chi connectivity index (χ2v) is 7.49. The van der Waals surface area contributed by atoms with Gasteiger partial charge in [0.1, 0.15) is 0 Å². The van der Waals surface area contributed by atoms with Gasteiger partial charge in [-0.25, -0.2) is 0 Å². The highest BCUT2D eigenvalue weighted by Crippen LogP contribution is 2.37. The predicted molar refractivity (Wildman–Crippen MR) is 81.0 cm³/mol. The van der Waals surface area contributed by atoms with E-state index in [1.165, 1.54) is 0 Å². The average molecular weight is 315 g/mol. The fourth-order valence-electron chi connectivity index (χ4n) is 1.74. The van der Waals surface area contributed by atoms with Crippen LogP contribution in [0.3, 0.4) is 0 Å². The van der Waals surface area contributed by atoms with Gasteiger partial charge in [0.25, 0.3) is 15.2 Å². The van der Waals surface area contributed by atoms with Crippen LogP contribution in [0.15, 0.2) is 30.5 Å². The third-order valence-electron chi connectivity index (χ3n) is 2.36. The van der Waals surface area contributed by atoms with Gasteiger partial charge in [-0.05, 0) is 24.3 Å². The topological polar surface area (TPSA) is 175 Å². The van der Waals surface area contributed by atoms with Gasteiger partial charge < -0.3 is 10.2 Å². The van der Waals surface area contributed by atoms with Crippen LogP contribution >= 0.6 is 15.2 Å². The van der Waals surface area contributed by atoms with Crippen molar-refractivity contribution in [3.8, 4) is 0 Å². The Morgan fingerprint density at radius 1 is 0.900 bits per heavy atom. The number of pyridine rings is 1. The fraction of sp³-hybridized carbons (Fsp3) is 0. The molecule has 0 aliphatic heterocycles. The normalized spacial score (nSPS) is 12.4. The lowest BCUT2D eigenvalue weighted by molar-refractivity contribution is 0.579. The van der Waals surface area contributed by atoms with E-state index in [1.807, 2.05) is 0 Å². The average Bonchev–Trinajstić information content (AvgIpc) is 2.29. The summed E-state index contributed by atoms with van der Waals surface area (Å²) in [5.41, 5.74) is 22.5. The fourth-order valence-corrected chi connectivity index (χ4v) is 2.87. The summed E-state index contributed by atoms with van der Waals surface area (Å²) in [6.07, 6.45) is 1.54. The molecule has 10 N–H and O–H groups in total. The van der Waals surface area contributed by atoms with Crippen LogP contribution in [-0.2, 0) is 9.13 Å². The molecule has 2 aromatic rings. The highest BCUT2D eigenvalue weighted by molar-refractivity contribution is 7.60. The van der Waals surface area contributed by atoms with E-state index in [2.05, 4.69) is 15.2 Å². The summed E-state index contributed by atoms with van der Waals surface area (Å²) in [6.45, 7) is 0. The van der Waals surface area contributed by atoms with Gasteiger partial charge in [-0.15, -0.1) is 0 Å². The Labute approximate surface area is 115 Å². The first-order valence-corrected chi connectivity index (χ1v) is 9.13. The van der Waals surface area contributed by atoms with E-state index in [0.29, 0.717) is 22.3 Å². The van der Waals surface area contributed by atoms with Gasteiger partial charge in [0, 0.05) is 11.6 Å². The van der Waals surface area contributed by atoms with Crippen molar-refractivity contribution in [3.63, 3.8) is 0 Å². The first-order chi connectivity index (χ1) is 9.16. The van der Waals surface area contributed by atoms with Crippen molar-refractivity contribution >= 4 is 37.5 Å². The molecule has 108 valence electrons. The Morgan fingerprint density at radius 2 is 1.45 bits per heavy atom. The van der Waals surface area contributed by atoms with Crippen LogP contribution in [-0.4, -0.2) is 4.98 Å². The van der Waals surface area contributed by atoms with Crippen molar-refractivity contribution in [2.75, 3.05) is 10.2 Å². The molecule has 1 aromatic carbocycles. The van der Waals surface area contributed by atoms with E-state index in [0.717, 1.165) is 0 Å². The molecule has 20 heavy (non-hydrogen) atoms. The molecule has 0 unspecified atom stereocenters. The molecule has 2 rings (SSSR count). The summed E-state index contributed by atoms with van der Waals surface area (Å²) >= 11 is 0. The summed E-state index contributed by atoms with van der Waals surface area (Å²) in [7, 11) is -6.91. The molecule has 0 radical (unpaired) electrons. The number of aromatic nitrogens is 1. The SMILES string of the molecule is NP(N)(=O)Nc1ccc(NP(N)(N)=O)c2ncccc12. The quantitative estimate of drug-likeness (QED) is 0.451. The first kappa shape index (κ1) is 14.9. The highest BCUT2D eigenvalue weighted by Gasteiger charge is 2.15. The molecule has 1 aromatic heterocycles. The zero-order valence-corrected chi connectivity index (χ0v) is 12.1. The molecule has 0 saturated carbocycles. The highest BCUT2D eigenvalue weighted by atomic mass is 31.2. The van der Waals surface area contributed by atoms with Crippen LogP contribution in [0.5, 0.6) is 0 Å². The second-order valence-electron chi connectivity index (χ2n) is 4.20. The van der Waals surface area contributed by atoms with Crippen LogP contribution in [0.4, 0.5) is 11.4 Å². The summed E-state index contributed by atoms with van der Waals surface area (Å²) in [4.78, 5) is 4.15. The maximum Gasteiger partial charge on any atom is 0.298 e. The number of nitrogens with zero attached hydrogens (tertiary/aromatic N) is 1. The number of anilines is 2. The molecular weight excluding hydrogens is 300 g/mol. The number of rotatable bonds is 4. The Morgan fingerprint density at radius 3 is 2.05 bits per heavy atom. The van der Waals surface area contributed by atoms with Gasteiger partial charge in [0.15, 0.2) is 0 Å². The first-order valence-electron chi connectivity index (χ1n) is 5.44. The lowest BCUT2D eigenvalue weighted by Gasteiger charge is -2.16. The minimum Gasteiger partial charge on any atom is -0.313 e. The van der Waals surface area contributed by atoms with Crippen molar-refractivity contribution in [1.82, 2.24) is 4.98 Å². The molecule has 0 atom stereocenters. The maximum absolute atomic E-state index is 11.5. The summed E-state index contributed by atoms with van der Waals surface area (Å²) in [6, 6.07) is 6.50. The van der Waals surface area contributed by atoms with Crippen LogP contribution in [0, 0.1) is 0 Å². The molecule has 1 heterocycles. The Bertz CT molecular complexity index is 676. The van der Waals surface area contributed by atoms with E-state index in [9.17, 15) is 9.13 Å². The van der Waals surface area contributed by atoms with Crippen molar-refractivity contribution in [1.29, 1.82) is 0 Å². The molecule has 0 aliphatic carbocycles. The summed E-state index contributed by atoms with van der Waals surface area (Å²) < 4.78 is 22.9. The van der Waals surface area contributed by atoms with Gasteiger partial charge in [-0.2, -0.15) is 0 Å². The number of hydrogen-bond donors (Lipinski definition) is 6. The van der Waals surface area contributed by atoms with Gasteiger partial charge in [0.2, 0.25) is 0 Å². The molecule has 0 fully saturated rings. The van der Waals surface area contributed by atoms with Crippen LogP contribution in [0.1, 0.15) is 0 Å². The molecule has 0 aliphatic rings. The third-order valence-corrected chi connectivity index (χ3v) is 3.54. The number of hydrogen-bond acceptors (Lipinski definition) is 3. The smallest absolute Gasteiger partial charge is 0.298 e. The van der Waals surface area contributed by atoms with Crippen LogP contribution in [0.25, 0.3) is 10.9 Å². The zero-order valence-electron chi connectivity index (χ0n) is 10.4. The van der Waals surface area contributed by atoms with E-state index in [-0.39, 0.29) is 0 Å². The summed E-state index contributed by atoms with van der Waals surface area (Å²) in [5, 5.41) is 5.61. The van der Waals surface area contributed by atoms with Crippen LogP contribution < -0.4 is 32.2 Å². The molecule has 11 heteroatoms. The Balaban J connectivity index is 2.58. The van der Waals surface area contributed by atoms with Crippen molar-refractivity contribution < 1.29 is 9.13 Å². The number of nitrogens with two attached hydrogens (primary N) is 4. The van der Waals surface area contributed by atoms with Gasteiger partial charge in [-0.3, -0.25) is 36.1 Å². The van der Waals surface area contributed by atoms with Crippen molar-refractivity contribution in [2.45, 2.75) is 0 Å². The second kappa shape index (κ2) is 5.14. The number of nitrogens with one attached hydrogen (secondary N) is 2. The molecular formula is C9H15N7O2P2. The monoisotopic (exact) mass is 315 g/mol.